The molecule has 1 spiro atoms. The standard InChI is InChI=1S/C21H25N5O3/c1-15-9-23-17(11-22-15)12-26-14-21(7-5-19(26)28)6-2-8-25(13-21)20(29)16-3-4-18(27)24-10-16/h3-4,9-11H,2,5-8,12-14H2,1H3,(H,24,27)/t21-/m0/s1. The average Bonchev–Trinajstić information content (AvgIpc) is 2.73. The zero-order valence-corrected chi connectivity index (χ0v) is 16.6. The number of nitrogens with one attached hydrogen (secondary N) is 1. The van der Waals surface area contributed by atoms with Gasteiger partial charge >= 0.3 is 0 Å². The van der Waals surface area contributed by atoms with E-state index in [-0.39, 0.29) is 22.8 Å². The molecule has 0 aliphatic carbocycles. The molecule has 2 aliphatic heterocycles. The van der Waals surface area contributed by atoms with Crippen LogP contribution >= 0.6 is 0 Å². The first-order chi connectivity index (χ1) is 13.9. The number of carbonyl (C=O) groups is 2. The average molecular weight is 395 g/mol. The van der Waals surface area contributed by atoms with E-state index in [0.717, 1.165) is 30.7 Å². The third-order valence-corrected chi connectivity index (χ3v) is 5.92. The zero-order valence-electron chi connectivity index (χ0n) is 16.6. The summed E-state index contributed by atoms with van der Waals surface area (Å²) in [4.78, 5) is 51.6. The molecule has 2 amide bonds. The monoisotopic (exact) mass is 395 g/mol. The minimum atomic E-state index is -0.225. The first-order valence-corrected chi connectivity index (χ1v) is 9.97. The Morgan fingerprint density at radius 3 is 2.76 bits per heavy atom. The third-order valence-electron chi connectivity index (χ3n) is 5.92. The van der Waals surface area contributed by atoms with E-state index in [1.54, 1.807) is 18.5 Å². The minimum absolute atomic E-state index is 0.0758. The normalized spacial score (nSPS) is 22.2. The molecule has 4 heterocycles. The first-order valence-electron chi connectivity index (χ1n) is 9.97. The predicted octanol–water partition coefficient (Wildman–Crippen LogP) is 1.52. The van der Waals surface area contributed by atoms with Crippen LogP contribution in [0.3, 0.4) is 0 Å². The Kier molecular flexibility index (Phi) is 5.17. The fourth-order valence-electron chi connectivity index (χ4n) is 4.38. The molecule has 1 atom stereocenters. The van der Waals surface area contributed by atoms with Gasteiger partial charge in [-0.2, -0.15) is 0 Å². The zero-order chi connectivity index (χ0) is 20.4. The molecule has 1 N–H and O–H groups in total. The first kappa shape index (κ1) is 19.3. The largest absolute Gasteiger partial charge is 0.338 e. The molecule has 152 valence electrons. The second kappa shape index (κ2) is 7.77. The van der Waals surface area contributed by atoms with Crippen molar-refractivity contribution in [1.82, 2.24) is 24.8 Å². The van der Waals surface area contributed by atoms with E-state index < -0.39 is 0 Å². The quantitative estimate of drug-likeness (QED) is 0.849. The molecule has 2 aromatic rings. The molecule has 8 nitrogen and oxygen atoms in total. The van der Waals surface area contributed by atoms with Crippen LogP contribution < -0.4 is 5.56 Å². The van der Waals surface area contributed by atoms with Crippen molar-refractivity contribution in [2.24, 2.45) is 5.41 Å². The van der Waals surface area contributed by atoms with Crippen molar-refractivity contribution >= 4 is 11.8 Å². The third kappa shape index (κ3) is 4.21. The van der Waals surface area contributed by atoms with Gasteiger partial charge in [-0.25, -0.2) is 0 Å². The maximum Gasteiger partial charge on any atom is 0.255 e. The van der Waals surface area contributed by atoms with Gasteiger partial charge in [0.05, 0.1) is 29.7 Å². The second-order valence-corrected chi connectivity index (χ2v) is 8.17. The van der Waals surface area contributed by atoms with Crippen molar-refractivity contribution in [3.8, 4) is 0 Å². The highest BCUT2D eigenvalue weighted by atomic mass is 16.2. The van der Waals surface area contributed by atoms with E-state index in [2.05, 4.69) is 15.0 Å². The van der Waals surface area contributed by atoms with Crippen LogP contribution in [-0.4, -0.2) is 56.2 Å². The lowest BCUT2D eigenvalue weighted by Crippen LogP contribution is -2.54. The van der Waals surface area contributed by atoms with Crippen LogP contribution in [0, 0.1) is 12.3 Å². The Labute approximate surface area is 169 Å². The van der Waals surface area contributed by atoms with Crippen molar-refractivity contribution in [2.75, 3.05) is 19.6 Å². The van der Waals surface area contributed by atoms with E-state index in [1.165, 1.54) is 12.3 Å². The molecular formula is C21H25N5O3. The highest BCUT2D eigenvalue weighted by Gasteiger charge is 2.42. The molecule has 0 bridgehead atoms. The second-order valence-electron chi connectivity index (χ2n) is 8.17. The van der Waals surface area contributed by atoms with Crippen LogP contribution in [0.5, 0.6) is 0 Å². The molecule has 4 rings (SSSR count). The van der Waals surface area contributed by atoms with E-state index in [9.17, 15) is 14.4 Å². The topological polar surface area (TPSA) is 99.3 Å². The lowest BCUT2D eigenvalue weighted by molar-refractivity contribution is -0.139. The number of pyridine rings is 1. The van der Waals surface area contributed by atoms with Crippen molar-refractivity contribution in [1.29, 1.82) is 0 Å². The van der Waals surface area contributed by atoms with Gasteiger partial charge in [-0.3, -0.25) is 24.4 Å². The fraction of sp³-hybridized carbons (Fsp3) is 0.476. The van der Waals surface area contributed by atoms with Crippen LogP contribution in [-0.2, 0) is 11.3 Å². The highest BCUT2D eigenvalue weighted by molar-refractivity contribution is 5.94. The molecular weight excluding hydrogens is 370 g/mol. The van der Waals surface area contributed by atoms with Crippen molar-refractivity contribution < 1.29 is 9.59 Å². The van der Waals surface area contributed by atoms with Crippen LogP contribution in [0.15, 0.2) is 35.5 Å². The summed E-state index contributed by atoms with van der Waals surface area (Å²) in [5, 5.41) is 0. The maximum absolute atomic E-state index is 12.9. The van der Waals surface area contributed by atoms with Gasteiger partial charge < -0.3 is 14.8 Å². The number of aromatic nitrogens is 3. The Morgan fingerprint density at radius 2 is 2.03 bits per heavy atom. The Morgan fingerprint density at radius 1 is 1.17 bits per heavy atom. The molecule has 2 aliphatic rings. The van der Waals surface area contributed by atoms with Gasteiger partial charge in [0.2, 0.25) is 11.5 Å². The summed E-state index contributed by atoms with van der Waals surface area (Å²) in [6.07, 6.45) is 8.07. The molecule has 2 aromatic heterocycles. The van der Waals surface area contributed by atoms with Crippen molar-refractivity contribution in [3.05, 3.63) is 58.0 Å². The molecule has 2 saturated heterocycles. The minimum Gasteiger partial charge on any atom is -0.338 e. The van der Waals surface area contributed by atoms with Gasteiger partial charge in [0.1, 0.15) is 0 Å². The smallest absolute Gasteiger partial charge is 0.255 e. The van der Waals surface area contributed by atoms with Crippen LogP contribution in [0.2, 0.25) is 0 Å². The lowest BCUT2D eigenvalue weighted by Gasteiger charge is -2.48. The van der Waals surface area contributed by atoms with Crippen molar-refractivity contribution in [3.63, 3.8) is 0 Å². The molecule has 0 saturated carbocycles. The number of hydrogen-bond acceptors (Lipinski definition) is 5. The van der Waals surface area contributed by atoms with Crippen LogP contribution in [0.4, 0.5) is 0 Å². The molecule has 0 unspecified atom stereocenters. The number of aryl methyl sites for hydroxylation is 1. The van der Waals surface area contributed by atoms with Gasteiger partial charge in [0.15, 0.2) is 0 Å². The Balaban J connectivity index is 1.48. The van der Waals surface area contributed by atoms with Gasteiger partial charge in [-0.15, -0.1) is 0 Å². The van der Waals surface area contributed by atoms with Crippen molar-refractivity contribution in [2.45, 2.75) is 39.2 Å². The molecule has 29 heavy (non-hydrogen) atoms. The Hall–Kier alpha value is -3.03. The summed E-state index contributed by atoms with van der Waals surface area (Å²) in [6.45, 7) is 4.26. The van der Waals surface area contributed by atoms with Gasteiger partial charge in [-0.05, 0) is 32.3 Å². The summed E-state index contributed by atoms with van der Waals surface area (Å²) < 4.78 is 0. The van der Waals surface area contributed by atoms with E-state index in [1.807, 2.05) is 16.7 Å². The summed E-state index contributed by atoms with van der Waals surface area (Å²) >= 11 is 0. The predicted molar refractivity (Wildman–Crippen MR) is 106 cm³/mol. The Bertz CT molecular complexity index is 951. The number of likely N-dealkylation sites (tertiary alicyclic amines) is 2. The summed E-state index contributed by atoms with van der Waals surface area (Å²) in [5.74, 6) is 0.0512. The number of nitrogens with zero attached hydrogens (tertiary/aromatic N) is 4. The van der Waals surface area contributed by atoms with Crippen LogP contribution in [0.25, 0.3) is 0 Å². The summed E-state index contributed by atoms with van der Waals surface area (Å²) in [7, 11) is 0. The number of amides is 2. The van der Waals surface area contributed by atoms with Gasteiger partial charge in [0.25, 0.3) is 5.91 Å². The number of H-pyrrole nitrogens is 1. The maximum atomic E-state index is 12.9. The number of rotatable bonds is 3. The number of piperidine rings is 2. The summed E-state index contributed by atoms with van der Waals surface area (Å²) in [6, 6.07) is 2.94. The highest BCUT2D eigenvalue weighted by Crippen LogP contribution is 2.39. The molecule has 8 heteroatoms. The van der Waals surface area contributed by atoms with Crippen LogP contribution in [0.1, 0.15) is 47.4 Å². The molecule has 0 aromatic carbocycles. The fourth-order valence-corrected chi connectivity index (χ4v) is 4.38. The van der Waals surface area contributed by atoms with Gasteiger partial charge in [0, 0.05) is 49.9 Å². The SMILES string of the molecule is Cc1cnc(CN2C[C@@]3(CCCN(C(=O)c4ccc(=O)[nH]c4)C3)CCC2=O)cn1. The van der Waals surface area contributed by atoms with Gasteiger partial charge in [-0.1, -0.05) is 0 Å². The molecule has 0 radical (unpaired) electrons. The number of aromatic amines is 1. The molecule has 2 fully saturated rings. The van der Waals surface area contributed by atoms with E-state index >= 15 is 0 Å². The summed E-state index contributed by atoms with van der Waals surface area (Å²) in [5.41, 5.74) is 1.79. The number of carbonyl (C=O) groups excluding carboxylic acids is 2. The van der Waals surface area contributed by atoms with E-state index in [4.69, 9.17) is 0 Å². The number of hydrogen-bond donors (Lipinski definition) is 1. The van der Waals surface area contributed by atoms with E-state index in [0.29, 0.717) is 38.2 Å². The lowest BCUT2D eigenvalue weighted by atomic mass is 9.73.